The fourth-order valence-corrected chi connectivity index (χ4v) is 7.35. The summed E-state index contributed by atoms with van der Waals surface area (Å²) in [5.74, 6) is -1.03. The van der Waals surface area contributed by atoms with Crippen molar-refractivity contribution in [3.8, 4) is 0 Å². The second kappa shape index (κ2) is 63.8. The van der Waals surface area contributed by atoms with Crippen LogP contribution in [0.3, 0.4) is 0 Å². The van der Waals surface area contributed by atoms with E-state index in [1.54, 1.807) is 0 Å². The summed E-state index contributed by atoms with van der Waals surface area (Å²) >= 11 is 0. The van der Waals surface area contributed by atoms with Crippen LogP contribution in [-0.2, 0) is 28.6 Å². The molecule has 0 spiro atoms. The second-order valence-electron chi connectivity index (χ2n) is 19.1. The molecule has 0 aromatic heterocycles. The van der Waals surface area contributed by atoms with Crippen molar-refractivity contribution in [2.24, 2.45) is 0 Å². The summed E-state index contributed by atoms with van der Waals surface area (Å²) in [6.45, 7) is 6.25. The summed E-state index contributed by atoms with van der Waals surface area (Å²) in [6.07, 6.45) is 97.5. The molecule has 0 radical (unpaired) electrons. The van der Waals surface area contributed by atoms with Gasteiger partial charge in [-0.15, -0.1) is 0 Å². The molecule has 0 aromatic carbocycles. The number of rotatable bonds is 52. The Hall–Kier alpha value is -5.75. The lowest BCUT2D eigenvalue weighted by Gasteiger charge is -2.18. The van der Waals surface area contributed by atoms with Gasteiger partial charge in [0, 0.05) is 19.3 Å². The molecule has 0 saturated carbocycles. The van der Waals surface area contributed by atoms with Crippen molar-refractivity contribution in [2.45, 2.75) is 226 Å². The van der Waals surface area contributed by atoms with Crippen LogP contribution < -0.4 is 0 Å². The number of hydrogen-bond donors (Lipinski definition) is 0. The lowest BCUT2D eigenvalue weighted by atomic mass is 10.1. The lowest BCUT2D eigenvalue weighted by Crippen LogP contribution is -2.30. The van der Waals surface area contributed by atoms with Gasteiger partial charge in [0.05, 0.1) is 0 Å². The molecule has 0 N–H and O–H groups in total. The minimum atomic E-state index is -0.828. The number of esters is 3. The zero-order valence-corrected chi connectivity index (χ0v) is 49.3. The van der Waals surface area contributed by atoms with Crippen LogP contribution in [0.15, 0.2) is 194 Å². The van der Waals surface area contributed by atoms with E-state index in [9.17, 15) is 14.4 Å². The van der Waals surface area contributed by atoms with E-state index < -0.39 is 6.10 Å². The molecule has 6 heteroatoms. The Morgan fingerprint density at radius 2 is 0.500 bits per heavy atom. The number of carbonyl (C=O) groups excluding carboxylic acids is 3. The Bertz CT molecular complexity index is 1900. The summed E-state index contributed by atoms with van der Waals surface area (Å²) < 4.78 is 16.7. The maximum atomic E-state index is 12.8. The first-order valence-electron chi connectivity index (χ1n) is 30.4. The molecule has 0 amide bonds. The average Bonchev–Trinajstić information content (AvgIpc) is 3.44. The Balaban J connectivity index is 4.32. The van der Waals surface area contributed by atoms with Crippen molar-refractivity contribution in [3.63, 3.8) is 0 Å². The Kier molecular flexibility index (Phi) is 59.1. The van der Waals surface area contributed by atoms with Crippen LogP contribution in [-0.4, -0.2) is 37.2 Å². The van der Waals surface area contributed by atoms with Gasteiger partial charge in [0.15, 0.2) is 6.10 Å². The highest BCUT2D eigenvalue weighted by Crippen LogP contribution is 2.11. The number of ether oxygens (including phenoxy) is 3. The van der Waals surface area contributed by atoms with Gasteiger partial charge in [0.2, 0.25) is 0 Å². The molecular formula is C72H108O6. The Morgan fingerprint density at radius 1 is 0.269 bits per heavy atom. The van der Waals surface area contributed by atoms with Crippen molar-refractivity contribution in [1.29, 1.82) is 0 Å². The Morgan fingerprint density at radius 3 is 0.782 bits per heavy atom. The van der Waals surface area contributed by atoms with Gasteiger partial charge < -0.3 is 14.2 Å². The minimum Gasteiger partial charge on any atom is -0.462 e. The molecule has 78 heavy (non-hydrogen) atoms. The van der Waals surface area contributed by atoms with Gasteiger partial charge in [-0.2, -0.15) is 0 Å². The van der Waals surface area contributed by atoms with E-state index >= 15 is 0 Å². The SMILES string of the molecule is CC/C=C\C/C=C\C/C=C\C/C=C\C/C=C\C/C=C\C/C=C\C/C=C\C/C=C\C/C=C\CCCCC(=O)OCC(COC(=O)CCCCCCCC)OC(=O)CCCC/C=C\C/C=C\C/C=C\C/C=C\C/C=C\C/C=C\CC. The van der Waals surface area contributed by atoms with E-state index in [0.717, 1.165) is 148 Å². The topological polar surface area (TPSA) is 78.9 Å². The number of allylic oxidation sites excluding steroid dienone is 32. The maximum Gasteiger partial charge on any atom is 0.306 e. The van der Waals surface area contributed by atoms with E-state index in [0.29, 0.717) is 19.3 Å². The van der Waals surface area contributed by atoms with Crippen LogP contribution in [0.5, 0.6) is 0 Å². The molecule has 0 aliphatic heterocycles. The molecule has 0 heterocycles. The fraction of sp³-hybridized carbons (Fsp3) is 0.514. The predicted octanol–water partition coefficient (Wildman–Crippen LogP) is 21.0. The molecule has 0 aliphatic rings. The monoisotopic (exact) mass is 1070 g/mol. The first-order chi connectivity index (χ1) is 38.5. The van der Waals surface area contributed by atoms with E-state index in [1.807, 2.05) is 0 Å². The highest BCUT2D eigenvalue weighted by molar-refractivity contribution is 5.71. The zero-order chi connectivity index (χ0) is 56.4. The Labute approximate surface area is 477 Å². The first-order valence-corrected chi connectivity index (χ1v) is 30.4. The van der Waals surface area contributed by atoms with Crippen LogP contribution in [0.2, 0.25) is 0 Å². The quantitative estimate of drug-likeness (QED) is 0.0261. The van der Waals surface area contributed by atoms with Crippen LogP contribution in [0.1, 0.15) is 220 Å². The zero-order valence-electron chi connectivity index (χ0n) is 49.3. The van der Waals surface area contributed by atoms with Gasteiger partial charge in [-0.1, -0.05) is 247 Å². The molecular weight excluding hydrogens is 961 g/mol. The highest BCUT2D eigenvalue weighted by atomic mass is 16.6. The van der Waals surface area contributed by atoms with Crippen molar-refractivity contribution in [2.75, 3.05) is 13.2 Å². The molecule has 6 nitrogen and oxygen atoms in total. The van der Waals surface area contributed by atoms with Gasteiger partial charge >= 0.3 is 17.9 Å². The summed E-state index contributed by atoms with van der Waals surface area (Å²) in [5, 5.41) is 0. The summed E-state index contributed by atoms with van der Waals surface area (Å²) in [6, 6.07) is 0. The number of unbranched alkanes of at least 4 members (excludes halogenated alkanes) is 9. The van der Waals surface area contributed by atoms with Crippen molar-refractivity contribution in [3.05, 3.63) is 194 Å². The molecule has 0 bridgehead atoms. The van der Waals surface area contributed by atoms with E-state index in [1.165, 1.54) is 19.3 Å². The normalized spacial score (nSPS) is 13.5. The summed E-state index contributed by atoms with van der Waals surface area (Å²) in [7, 11) is 0. The standard InChI is InChI=1S/C72H108O6/c1-4-7-10-13-16-18-20-22-24-26-28-30-31-32-33-34-35-36-37-38-39-40-41-43-44-46-48-50-52-54-56-59-62-65-71(74)77-68-69(67-76-70(73)64-61-58-15-12-9-6-3)78-72(75)66-63-60-57-55-53-51-49-47-45-42-29-27-25-23-21-19-17-14-11-8-5-2/h7-8,10-11,16-19,22-25,28-30,32-33,35-36,38-39,41-43,46-49,52-55,69H,4-6,9,12-15,20-21,26-27,31,34,37,40,44-45,50-51,56-68H2,1-3H3/b10-7-,11-8-,18-16-,19-17-,24-22-,25-23-,30-28-,33-32-,36-35-,39-38-,42-29-,43-41-,48-46-,49-47-,54-52-,55-53-. The molecule has 0 rings (SSSR count). The van der Waals surface area contributed by atoms with E-state index in [4.69, 9.17) is 14.2 Å². The maximum absolute atomic E-state index is 12.8. The lowest BCUT2D eigenvalue weighted by molar-refractivity contribution is -0.167. The van der Waals surface area contributed by atoms with Gasteiger partial charge in [0.1, 0.15) is 13.2 Å². The average molecular weight is 1070 g/mol. The highest BCUT2D eigenvalue weighted by Gasteiger charge is 2.19. The third-order valence-electron chi connectivity index (χ3n) is 11.8. The minimum absolute atomic E-state index is 0.120. The van der Waals surface area contributed by atoms with Crippen LogP contribution >= 0.6 is 0 Å². The number of hydrogen-bond acceptors (Lipinski definition) is 6. The second-order valence-corrected chi connectivity index (χ2v) is 19.1. The predicted molar refractivity (Wildman–Crippen MR) is 338 cm³/mol. The van der Waals surface area contributed by atoms with Crippen molar-refractivity contribution >= 4 is 17.9 Å². The first kappa shape index (κ1) is 72.2. The van der Waals surface area contributed by atoms with Crippen LogP contribution in [0.4, 0.5) is 0 Å². The van der Waals surface area contributed by atoms with Gasteiger partial charge in [0.25, 0.3) is 0 Å². The molecule has 432 valence electrons. The third-order valence-corrected chi connectivity index (χ3v) is 11.8. The molecule has 0 saturated heterocycles. The van der Waals surface area contributed by atoms with E-state index in [2.05, 4.69) is 215 Å². The molecule has 0 aliphatic carbocycles. The molecule has 1 unspecified atom stereocenters. The molecule has 1 atom stereocenters. The van der Waals surface area contributed by atoms with Crippen molar-refractivity contribution < 1.29 is 28.6 Å². The van der Waals surface area contributed by atoms with Gasteiger partial charge in [-0.25, -0.2) is 0 Å². The smallest absolute Gasteiger partial charge is 0.306 e. The summed E-state index contributed by atoms with van der Waals surface area (Å²) in [4.78, 5) is 37.9. The van der Waals surface area contributed by atoms with E-state index in [-0.39, 0.29) is 44.0 Å². The van der Waals surface area contributed by atoms with Crippen LogP contribution in [0.25, 0.3) is 0 Å². The van der Waals surface area contributed by atoms with Crippen molar-refractivity contribution in [1.82, 2.24) is 0 Å². The summed E-state index contributed by atoms with van der Waals surface area (Å²) in [5.41, 5.74) is 0. The van der Waals surface area contributed by atoms with Gasteiger partial charge in [-0.3, -0.25) is 14.4 Å². The molecule has 0 aromatic rings. The van der Waals surface area contributed by atoms with Crippen LogP contribution in [0, 0.1) is 0 Å². The number of carbonyl (C=O) groups is 3. The molecule has 0 fully saturated rings. The fourth-order valence-electron chi connectivity index (χ4n) is 7.35. The third kappa shape index (κ3) is 61.1. The van der Waals surface area contributed by atoms with Gasteiger partial charge in [-0.05, 0) is 148 Å². The largest absolute Gasteiger partial charge is 0.462 e.